The molecule has 0 radical (unpaired) electrons. The summed E-state index contributed by atoms with van der Waals surface area (Å²) in [7, 11) is 0. The Morgan fingerprint density at radius 1 is 1.12 bits per heavy atom. The highest BCUT2D eigenvalue weighted by molar-refractivity contribution is 9.10. The first-order valence-corrected chi connectivity index (χ1v) is 9.42. The molecule has 0 unspecified atom stereocenters. The van der Waals surface area contributed by atoms with Gasteiger partial charge in [0.1, 0.15) is 0 Å². The number of carbonyl (C=O) groups excluding carboxylic acids is 2. The molecule has 26 heavy (non-hydrogen) atoms. The molecule has 134 valence electrons. The summed E-state index contributed by atoms with van der Waals surface area (Å²) in [4.78, 5) is 24.2. The largest absolute Gasteiger partial charge is 0.332 e. The van der Waals surface area contributed by atoms with Gasteiger partial charge in [0.05, 0.1) is 0 Å². The molecule has 0 atom stereocenters. The third kappa shape index (κ3) is 4.89. The maximum Gasteiger partial charge on any atom is 0.257 e. The van der Waals surface area contributed by atoms with Gasteiger partial charge in [0.2, 0.25) is 5.91 Å². The van der Waals surface area contributed by atoms with Crippen LogP contribution in [0.25, 0.3) is 0 Å². The molecule has 5 nitrogen and oxygen atoms in total. The summed E-state index contributed by atoms with van der Waals surface area (Å²) < 4.78 is 0.818. The minimum atomic E-state index is -0.293. The van der Waals surface area contributed by atoms with Gasteiger partial charge in [-0.1, -0.05) is 28.1 Å². The summed E-state index contributed by atoms with van der Waals surface area (Å²) in [5.41, 5.74) is 2.91. The van der Waals surface area contributed by atoms with Crippen molar-refractivity contribution in [1.29, 1.82) is 0 Å². The number of halogens is 1. The van der Waals surface area contributed by atoms with E-state index in [9.17, 15) is 9.59 Å². The molecule has 0 aliphatic heterocycles. The predicted molar refractivity (Wildman–Crippen MR) is 110 cm³/mol. The van der Waals surface area contributed by atoms with Gasteiger partial charge in [-0.15, -0.1) is 0 Å². The van der Waals surface area contributed by atoms with E-state index in [0.29, 0.717) is 11.3 Å². The Morgan fingerprint density at radius 3 is 2.58 bits per heavy atom. The Bertz CT molecular complexity index is 881. The van der Waals surface area contributed by atoms with E-state index in [0.717, 1.165) is 28.6 Å². The molecule has 1 fully saturated rings. The van der Waals surface area contributed by atoms with Crippen molar-refractivity contribution in [2.24, 2.45) is 5.92 Å². The second kappa shape index (κ2) is 7.97. The summed E-state index contributed by atoms with van der Waals surface area (Å²) >= 11 is 8.55. The Morgan fingerprint density at radius 2 is 1.88 bits per heavy atom. The van der Waals surface area contributed by atoms with Crippen molar-refractivity contribution in [3.63, 3.8) is 0 Å². The molecule has 3 N–H and O–H groups in total. The van der Waals surface area contributed by atoms with Gasteiger partial charge >= 0.3 is 0 Å². The summed E-state index contributed by atoms with van der Waals surface area (Å²) in [6, 6.07) is 12.6. The van der Waals surface area contributed by atoms with Crippen molar-refractivity contribution in [1.82, 2.24) is 5.32 Å². The van der Waals surface area contributed by atoms with Crippen molar-refractivity contribution in [3.05, 3.63) is 58.1 Å². The lowest BCUT2D eigenvalue weighted by Gasteiger charge is -2.13. The number of hydrogen-bond donors (Lipinski definition) is 3. The molecule has 0 heterocycles. The zero-order valence-corrected chi connectivity index (χ0v) is 16.5. The van der Waals surface area contributed by atoms with Gasteiger partial charge in [-0.25, -0.2) is 0 Å². The molecule has 3 rings (SSSR count). The lowest BCUT2D eigenvalue weighted by atomic mass is 10.1. The molecular weight excluding hydrogens is 414 g/mol. The van der Waals surface area contributed by atoms with Crippen LogP contribution < -0.4 is 16.0 Å². The molecule has 2 aromatic carbocycles. The Kier molecular flexibility index (Phi) is 5.68. The van der Waals surface area contributed by atoms with Crippen LogP contribution in [0.4, 0.5) is 11.4 Å². The van der Waals surface area contributed by atoms with Crippen molar-refractivity contribution < 1.29 is 9.59 Å². The average molecular weight is 432 g/mol. The van der Waals surface area contributed by atoms with Crippen molar-refractivity contribution in [2.75, 3.05) is 10.6 Å². The zero-order chi connectivity index (χ0) is 18.7. The van der Waals surface area contributed by atoms with E-state index >= 15 is 0 Å². The van der Waals surface area contributed by atoms with Crippen LogP contribution in [0.3, 0.4) is 0 Å². The van der Waals surface area contributed by atoms with Crippen molar-refractivity contribution >= 4 is 56.4 Å². The van der Waals surface area contributed by atoms with E-state index in [-0.39, 0.29) is 22.8 Å². The second-order valence-corrected chi connectivity index (χ2v) is 7.54. The minimum Gasteiger partial charge on any atom is -0.332 e. The normalized spacial score (nSPS) is 13.0. The summed E-state index contributed by atoms with van der Waals surface area (Å²) in [5, 5.41) is 8.76. The summed E-state index contributed by atoms with van der Waals surface area (Å²) in [6.45, 7) is 1.93. The van der Waals surface area contributed by atoms with Crippen LogP contribution in [-0.4, -0.2) is 16.9 Å². The highest BCUT2D eigenvalue weighted by Crippen LogP contribution is 2.31. The van der Waals surface area contributed by atoms with Crippen molar-refractivity contribution in [2.45, 2.75) is 19.8 Å². The first-order chi connectivity index (χ1) is 12.4. The van der Waals surface area contributed by atoms with Gasteiger partial charge in [-0.2, -0.15) is 0 Å². The maximum atomic E-state index is 12.2. The molecule has 0 saturated heterocycles. The maximum absolute atomic E-state index is 12.2. The number of carbonyl (C=O) groups is 2. The Hall–Kier alpha value is -2.25. The third-order valence-electron chi connectivity index (χ3n) is 4.02. The Balaban J connectivity index is 1.63. The number of thiocarbonyl (C=S) groups is 1. The monoisotopic (exact) mass is 431 g/mol. The topological polar surface area (TPSA) is 70.2 Å². The van der Waals surface area contributed by atoms with Crippen LogP contribution in [0.15, 0.2) is 46.9 Å². The van der Waals surface area contributed by atoms with Gasteiger partial charge in [-0.3, -0.25) is 14.9 Å². The Labute approximate surface area is 165 Å². The van der Waals surface area contributed by atoms with E-state index in [4.69, 9.17) is 12.2 Å². The van der Waals surface area contributed by atoms with Crippen LogP contribution in [0, 0.1) is 12.8 Å². The van der Waals surface area contributed by atoms with Crippen LogP contribution >= 0.6 is 28.1 Å². The fourth-order valence-electron chi connectivity index (χ4n) is 2.38. The molecule has 1 aliphatic carbocycles. The number of anilines is 2. The molecule has 2 aromatic rings. The lowest BCUT2D eigenvalue weighted by molar-refractivity contribution is -0.117. The molecular formula is C19H18BrN3O2S. The molecule has 7 heteroatoms. The van der Waals surface area contributed by atoms with Gasteiger partial charge < -0.3 is 10.6 Å². The van der Waals surface area contributed by atoms with Crippen LogP contribution in [0.2, 0.25) is 0 Å². The van der Waals surface area contributed by atoms with E-state index < -0.39 is 0 Å². The predicted octanol–water partition coefficient (Wildman–Crippen LogP) is 4.23. The number of aryl methyl sites for hydroxylation is 1. The number of amides is 2. The van der Waals surface area contributed by atoms with E-state index in [1.807, 2.05) is 31.2 Å². The van der Waals surface area contributed by atoms with E-state index in [2.05, 4.69) is 31.9 Å². The standard InChI is InChI=1S/C19H18BrN3O2S/c1-11-5-8-15(10-16(11)22-17(24)12-6-7-12)21-19(26)23-18(25)13-3-2-4-14(20)9-13/h2-5,8-10,12H,6-7H2,1H3,(H,22,24)(H2,21,23,25,26). The fourth-order valence-corrected chi connectivity index (χ4v) is 2.99. The molecule has 2 amide bonds. The highest BCUT2D eigenvalue weighted by atomic mass is 79.9. The third-order valence-corrected chi connectivity index (χ3v) is 4.71. The van der Waals surface area contributed by atoms with Crippen LogP contribution in [-0.2, 0) is 4.79 Å². The molecule has 1 saturated carbocycles. The number of benzene rings is 2. The van der Waals surface area contributed by atoms with Crippen molar-refractivity contribution in [3.8, 4) is 0 Å². The number of nitrogens with one attached hydrogen (secondary N) is 3. The SMILES string of the molecule is Cc1ccc(NC(=S)NC(=O)c2cccc(Br)c2)cc1NC(=O)C1CC1. The first kappa shape index (κ1) is 18.5. The zero-order valence-electron chi connectivity index (χ0n) is 14.1. The molecule has 0 bridgehead atoms. The molecule has 1 aliphatic rings. The molecule has 0 spiro atoms. The quantitative estimate of drug-likeness (QED) is 0.633. The first-order valence-electron chi connectivity index (χ1n) is 8.22. The van der Waals surface area contributed by atoms with Crippen LogP contribution in [0.1, 0.15) is 28.8 Å². The second-order valence-electron chi connectivity index (χ2n) is 6.21. The summed E-state index contributed by atoms with van der Waals surface area (Å²) in [5.74, 6) is -0.106. The fraction of sp³-hybridized carbons (Fsp3) is 0.211. The summed E-state index contributed by atoms with van der Waals surface area (Å²) in [6.07, 6.45) is 1.91. The number of hydrogen-bond acceptors (Lipinski definition) is 3. The highest BCUT2D eigenvalue weighted by Gasteiger charge is 2.29. The van der Waals surface area contributed by atoms with E-state index in [1.165, 1.54) is 0 Å². The van der Waals surface area contributed by atoms with E-state index in [1.54, 1.807) is 18.2 Å². The van der Waals surface area contributed by atoms with Crippen LogP contribution in [0.5, 0.6) is 0 Å². The van der Waals surface area contributed by atoms with Gasteiger partial charge in [0.25, 0.3) is 5.91 Å². The minimum absolute atomic E-state index is 0.0517. The smallest absolute Gasteiger partial charge is 0.257 e. The number of rotatable bonds is 4. The average Bonchev–Trinajstić information content (AvgIpc) is 3.43. The van der Waals surface area contributed by atoms with Gasteiger partial charge in [0, 0.05) is 27.3 Å². The van der Waals surface area contributed by atoms with Gasteiger partial charge in [-0.05, 0) is 67.9 Å². The lowest BCUT2D eigenvalue weighted by Crippen LogP contribution is -2.34. The van der Waals surface area contributed by atoms with Gasteiger partial charge in [0.15, 0.2) is 5.11 Å². The molecule has 0 aromatic heterocycles.